The van der Waals surface area contributed by atoms with Crippen LogP contribution in [0.2, 0.25) is 0 Å². The van der Waals surface area contributed by atoms with Gasteiger partial charge in [-0.05, 0) is 48.6 Å². The van der Waals surface area contributed by atoms with Gasteiger partial charge in [0.15, 0.2) is 5.11 Å². The number of nitrogens with one attached hydrogen (secondary N) is 3. The summed E-state index contributed by atoms with van der Waals surface area (Å²) < 4.78 is 0.813. The molecule has 0 saturated heterocycles. The summed E-state index contributed by atoms with van der Waals surface area (Å²) in [6.07, 6.45) is 0. The van der Waals surface area contributed by atoms with E-state index >= 15 is 0 Å². The van der Waals surface area contributed by atoms with E-state index in [4.69, 9.17) is 12.2 Å². The molecular formula is C18H18BrN3O2S. The second kappa shape index (κ2) is 8.73. The van der Waals surface area contributed by atoms with Crippen molar-refractivity contribution in [1.82, 2.24) is 5.32 Å². The summed E-state index contributed by atoms with van der Waals surface area (Å²) in [7, 11) is 0. The van der Waals surface area contributed by atoms with Gasteiger partial charge >= 0.3 is 0 Å². The number of halogens is 1. The summed E-state index contributed by atoms with van der Waals surface area (Å²) in [6.45, 7) is 3.65. The molecule has 0 radical (unpaired) electrons. The van der Waals surface area contributed by atoms with E-state index in [1.54, 1.807) is 42.5 Å². The number of amides is 2. The summed E-state index contributed by atoms with van der Waals surface area (Å²) in [6, 6.07) is 14.1. The van der Waals surface area contributed by atoms with Crippen LogP contribution in [0.4, 0.5) is 11.4 Å². The lowest BCUT2D eigenvalue weighted by Gasteiger charge is -2.12. The molecule has 0 fully saturated rings. The normalized spacial score (nSPS) is 10.2. The minimum absolute atomic E-state index is 0.0670. The van der Waals surface area contributed by atoms with Gasteiger partial charge in [0.1, 0.15) is 0 Å². The Morgan fingerprint density at radius 3 is 2.28 bits per heavy atom. The predicted molar refractivity (Wildman–Crippen MR) is 108 cm³/mol. The summed E-state index contributed by atoms with van der Waals surface area (Å²) in [5, 5.41) is 8.55. The maximum atomic E-state index is 12.2. The first-order valence-electron chi connectivity index (χ1n) is 7.64. The molecular weight excluding hydrogens is 402 g/mol. The number of anilines is 2. The van der Waals surface area contributed by atoms with E-state index in [1.165, 1.54) is 0 Å². The molecule has 0 spiro atoms. The van der Waals surface area contributed by atoms with E-state index in [1.807, 2.05) is 19.9 Å². The molecule has 0 aromatic heterocycles. The highest BCUT2D eigenvalue weighted by Crippen LogP contribution is 2.16. The number of hydrogen-bond acceptors (Lipinski definition) is 3. The molecule has 0 aliphatic rings. The zero-order valence-corrected chi connectivity index (χ0v) is 16.2. The highest BCUT2D eigenvalue weighted by molar-refractivity contribution is 9.10. The fraction of sp³-hybridized carbons (Fsp3) is 0.167. The van der Waals surface area contributed by atoms with Gasteiger partial charge in [0.25, 0.3) is 5.91 Å². The Kier molecular flexibility index (Phi) is 6.66. The molecule has 2 aromatic carbocycles. The van der Waals surface area contributed by atoms with Crippen LogP contribution >= 0.6 is 28.1 Å². The van der Waals surface area contributed by atoms with Crippen molar-refractivity contribution in [3.8, 4) is 0 Å². The Morgan fingerprint density at radius 1 is 1.00 bits per heavy atom. The van der Waals surface area contributed by atoms with Crippen molar-refractivity contribution < 1.29 is 9.59 Å². The number of carbonyl (C=O) groups excluding carboxylic acids is 2. The van der Waals surface area contributed by atoms with E-state index in [2.05, 4.69) is 31.9 Å². The highest BCUT2D eigenvalue weighted by Gasteiger charge is 2.10. The van der Waals surface area contributed by atoms with Gasteiger partial charge in [-0.25, -0.2) is 0 Å². The minimum Gasteiger partial charge on any atom is -0.332 e. The lowest BCUT2D eigenvalue weighted by atomic mass is 10.2. The first-order chi connectivity index (χ1) is 11.8. The van der Waals surface area contributed by atoms with E-state index < -0.39 is 0 Å². The molecule has 0 unspecified atom stereocenters. The van der Waals surface area contributed by atoms with Crippen molar-refractivity contribution >= 4 is 56.4 Å². The third-order valence-electron chi connectivity index (χ3n) is 3.23. The summed E-state index contributed by atoms with van der Waals surface area (Å²) in [5.41, 5.74) is 1.82. The van der Waals surface area contributed by atoms with Crippen LogP contribution in [-0.4, -0.2) is 16.9 Å². The van der Waals surface area contributed by atoms with Crippen molar-refractivity contribution in [1.29, 1.82) is 0 Å². The first-order valence-corrected chi connectivity index (χ1v) is 8.84. The number of hydrogen-bond donors (Lipinski definition) is 3. The fourth-order valence-corrected chi connectivity index (χ4v) is 2.54. The number of benzene rings is 2. The van der Waals surface area contributed by atoms with Crippen LogP contribution in [0.1, 0.15) is 24.2 Å². The van der Waals surface area contributed by atoms with Gasteiger partial charge in [-0.2, -0.15) is 0 Å². The maximum Gasteiger partial charge on any atom is 0.257 e. The average molecular weight is 420 g/mol. The van der Waals surface area contributed by atoms with Crippen molar-refractivity contribution in [2.24, 2.45) is 5.92 Å². The van der Waals surface area contributed by atoms with E-state index in [-0.39, 0.29) is 22.8 Å². The zero-order valence-electron chi connectivity index (χ0n) is 13.8. The van der Waals surface area contributed by atoms with Crippen LogP contribution in [0.25, 0.3) is 0 Å². The van der Waals surface area contributed by atoms with E-state index in [0.717, 1.165) is 4.47 Å². The van der Waals surface area contributed by atoms with Crippen molar-refractivity contribution in [2.45, 2.75) is 13.8 Å². The Morgan fingerprint density at radius 2 is 1.64 bits per heavy atom. The summed E-state index contributed by atoms with van der Waals surface area (Å²) in [4.78, 5) is 23.9. The fourth-order valence-electron chi connectivity index (χ4n) is 1.93. The monoisotopic (exact) mass is 419 g/mol. The predicted octanol–water partition coefficient (Wildman–Crippen LogP) is 4.17. The van der Waals surface area contributed by atoms with Gasteiger partial charge in [0.05, 0.1) is 0 Å². The molecule has 0 heterocycles. The van der Waals surface area contributed by atoms with Crippen molar-refractivity contribution in [2.75, 3.05) is 10.6 Å². The van der Waals surface area contributed by atoms with Crippen LogP contribution in [0.3, 0.4) is 0 Å². The van der Waals surface area contributed by atoms with Gasteiger partial charge in [-0.1, -0.05) is 41.9 Å². The van der Waals surface area contributed by atoms with Gasteiger partial charge in [0, 0.05) is 27.3 Å². The molecule has 25 heavy (non-hydrogen) atoms. The quantitative estimate of drug-likeness (QED) is 0.650. The maximum absolute atomic E-state index is 12.2. The van der Waals surface area contributed by atoms with Gasteiger partial charge in [-0.3, -0.25) is 14.9 Å². The number of rotatable bonds is 4. The Bertz CT molecular complexity index is 808. The molecule has 0 bridgehead atoms. The highest BCUT2D eigenvalue weighted by atomic mass is 79.9. The molecule has 2 amide bonds. The Balaban J connectivity index is 1.98. The SMILES string of the molecule is CC(C)C(=O)Nc1cccc(NC(=S)NC(=O)c2cccc(Br)c2)c1. The standard InChI is InChI=1S/C18H18BrN3O2S/c1-11(2)16(23)20-14-7-4-8-15(10-14)21-18(25)22-17(24)12-5-3-6-13(19)9-12/h3-11H,1-2H3,(H,20,23)(H2,21,22,24,25). The van der Waals surface area contributed by atoms with E-state index in [9.17, 15) is 9.59 Å². The molecule has 5 nitrogen and oxygen atoms in total. The topological polar surface area (TPSA) is 70.2 Å². The van der Waals surface area contributed by atoms with E-state index in [0.29, 0.717) is 16.9 Å². The third kappa shape index (κ3) is 5.95. The van der Waals surface area contributed by atoms with Crippen LogP contribution < -0.4 is 16.0 Å². The molecule has 0 aliphatic carbocycles. The van der Waals surface area contributed by atoms with Gasteiger partial charge < -0.3 is 10.6 Å². The van der Waals surface area contributed by atoms with Crippen LogP contribution in [0.15, 0.2) is 53.0 Å². The molecule has 130 valence electrons. The minimum atomic E-state index is -0.303. The molecule has 0 atom stereocenters. The third-order valence-corrected chi connectivity index (χ3v) is 3.92. The molecule has 2 rings (SSSR count). The number of thiocarbonyl (C=S) groups is 1. The Hall–Kier alpha value is -2.25. The summed E-state index contributed by atoms with van der Waals surface area (Å²) in [5.74, 6) is -0.479. The summed E-state index contributed by atoms with van der Waals surface area (Å²) >= 11 is 8.50. The lowest BCUT2D eigenvalue weighted by Crippen LogP contribution is -2.34. The second-order valence-corrected chi connectivity index (χ2v) is 6.97. The van der Waals surface area contributed by atoms with Crippen molar-refractivity contribution in [3.63, 3.8) is 0 Å². The Labute approximate surface area is 160 Å². The molecule has 7 heteroatoms. The van der Waals surface area contributed by atoms with Crippen LogP contribution in [0, 0.1) is 5.92 Å². The molecule has 3 N–H and O–H groups in total. The lowest BCUT2D eigenvalue weighted by molar-refractivity contribution is -0.118. The molecule has 2 aromatic rings. The second-order valence-electron chi connectivity index (χ2n) is 5.64. The number of carbonyl (C=O) groups is 2. The molecule has 0 saturated carbocycles. The largest absolute Gasteiger partial charge is 0.332 e. The molecule has 0 aliphatic heterocycles. The van der Waals surface area contributed by atoms with Gasteiger partial charge in [-0.15, -0.1) is 0 Å². The smallest absolute Gasteiger partial charge is 0.257 e. The van der Waals surface area contributed by atoms with Crippen molar-refractivity contribution in [3.05, 3.63) is 58.6 Å². The zero-order chi connectivity index (χ0) is 18.4. The average Bonchev–Trinajstić information content (AvgIpc) is 2.54. The van der Waals surface area contributed by atoms with Crippen LogP contribution in [-0.2, 0) is 4.79 Å². The van der Waals surface area contributed by atoms with Crippen LogP contribution in [0.5, 0.6) is 0 Å². The van der Waals surface area contributed by atoms with Gasteiger partial charge in [0.2, 0.25) is 5.91 Å². The first kappa shape index (κ1) is 19.1.